The Morgan fingerprint density at radius 3 is 2.41 bits per heavy atom. The summed E-state index contributed by atoms with van der Waals surface area (Å²) in [6, 6.07) is 18.9. The number of benzene rings is 2. The van der Waals surface area contributed by atoms with Gasteiger partial charge in [0.25, 0.3) is 5.91 Å². The molecule has 0 saturated carbocycles. The molecular formula is C21H21N3O2S. The summed E-state index contributed by atoms with van der Waals surface area (Å²) in [4.78, 5) is 27.9. The predicted molar refractivity (Wildman–Crippen MR) is 109 cm³/mol. The molecule has 6 heteroatoms. The lowest BCUT2D eigenvalue weighted by Gasteiger charge is -2.18. The highest BCUT2D eigenvalue weighted by Gasteiger charge is 2.19. The van der Waals surface area contributed by atoms with Crippen molar-refractivity contribution >= 4 is 17.7 Å². The average Bonchev–Trinajstić information content (AvgIpc) is 2.69. The van der Waals surface area contributed by atoms with Gasteiger partial charge in [-0.3, -0.25) is 9.59 Å². The van der Waals surface area contributed by atoms with Crippen LogP contribution in [0.25, 0.3) is 5.69 Å². The summed E-state index contributed by atoms with van der Waals surface area (Å²) in [7, 11) is 1.68. The van der Waals surface area contributed by atoms with Crippen LogP contribution in [0.4, 0.5) is 0 Å². The van der Waals surface area contributed by atoms with Crippen molar-refractivity contribution in [2.45, 2.75) is 18.4 Å². The largest absolute Gasteiger partial charge is 0.336 e. The van der Waals surface area contributed by atoms with Gasteiger partial charge in [0.05, 0.1) is 5.69 Å². The number of rotatable bonds is 5. The van der Waals surface area contributed by atoms with Crippen LogP contribution in [-0.2, 0) is 6.54 Å². The van der Waals surface area contributed by atoms with Gasteiger partial charge < -0.3 is 4.90 Å². The quantitative estimate of drug-likeness (QED) is 0.637. The number of carbonyl (C=O) groups excluding carboxylic acids is 1. The molecule has 1 heterocycles. The molecule has 138 valence electrons. The van der Waals surface area contributed by atoms with Crippen molar-refractivity contribution in [2.24, 2.45) is 0 Å². The van der Waals surface area contributed by atoms with Crippen LogP contribution in [0.2, 0.25) is 0 Å². The van der Waals surface area contributed by atoms with Crippen molar-refractivity contribution in [3.05, 3.63) is 87.8 Å². The zero-order chi connectivity index (χ0) is 19.4. The Kier molecular flexibility index (Phi) is 5.76. The number of hydrogen-bond acceptors (Lipinski definition) is 4. The van der Waals surface area contributed by atoms with E-state index >= 15 is 0 Å². The number of hydrogen-bond donors (Lipinski definition) is 0. The maximum Gasteiger partial charge on any atom is 0.278 e. The van der Waals surface area contributed by atoms with Gasteiger partial charge in [0.15, 0.2) is 5.69 Å². The van der Waals surface area contributed by atoms with Crippen molar-refractivity contribution in [3.63, 3.8) is 0 Å². The van der Waals surface area contributed by atoms with Crippen LogP contribution in [0, 0.1) is 6.92 Å². The number of carbonyl (C=O) groups is 1. The number of thioether (sulfide) groups is 1. The van der Waals surface area contributed by atoms with Crippen LogP contribution in [0.1, 0.15) is 21.7 Å². The highest BCUT2D eigenvalue weighted by Crippen LogP contribution is 2.16. The maximum atomic E-state index is 12.8. The molecule has 0 saturated heterocycles. The first kappa shape index (κ1) is 18.9. The average molecular weight is 379 g/mol. The Morgan fingerprint density at radius 2 is 1.78 bits per heavy atom. The number of aromatic nitrogens is 2. The van der Waals surface area contributed by atoms with Gasteiger partial charge in [0.2, 0.25) is 5.43 Å². The lowest BCUT2D eigenvalue weighted by atomic mass is 10.2. The molecule has 0 N–H and O–H groups in total. The second kappa shape index (κ2) is 8.22. The van der Waals surface area contributed by atoms with E-state index in [1.807, 2.05) is 60.9 Å². The Labute approximate surface area is 162 Å². The van der Waals surface area contributed by atoms with Crippen LogP contribution >= 0.6 is 11.8 Å². The molecule has 0 aliphatic carbocycles. The molecule has 0 spiro atoms. The van der Waals surface area contributed by atoms with E-state index in [1.54, 1.807) is 30.4 Å². The van der Waals surface area contributed by atoms with Gasteiger partial charge in [-0.15, -0.1) is 11.8 Å². The topological polar surface area (TPSA) is 55.2 Å². The number of nitrogens with zero attached hydrogens (tertiary/aromatic N) is 3. The summed E-state index contributed by atoms with van der Waals surface area (Å²) in [5.74, 6) is -0.390. The smallest absolute Gasteiger partial charge is 0.278 e. The normalized spacial score (nSPS) is 10.6. The van der Waals surface area contributed by atoms with Gasteiger partial charge in [-0.1, -0.05) is 30.3 Å². The molecule has 2 aromatic carbocycles. The minimum Gasteiger partial charge on any atom is -0.336 e. The van der Waals surface area contributed by atoms with E-state index in [0.717, 1.165) is 11.3 Å². The second-order valence-electron chi connectivity index (χ2n) is 6.26. The first-order chi connectivity index (χ1) is 13.0. The molecular weight excluding hydrogens is 358 g/mol. The van der Waals surface area contributed by atoms with E-state index in [2.05, 4.69) is 5.10 Å². The standard InChI is InChI=1S/C21H21N3O2S/c1-15-13-19(25)20(22-24(15)17-7-5-4-6-8-17)21(26)23(2)14-16-9-11-18(27-3)12-10-16/h4-13H,14H2,1-3H3. The molecule has 0 unspecified atom stereocenters. The van der Waals surface area contributed by atoms with E-state index in [0.29, 0.717) is 12.2 Å². The summed E-state index contributed by atoms with van der Waals surface area (Å²) >= 11 is 1.67. The molecule has 3 rings (SSSR count). The van der Waals surface area contributed by atoms with Crippen LogP contribution in [-0.4, -0.2) is 33.9 Å². The van der Waals surface area contributed by atoms with E-state index in [1.165, 1.54) is 15.9 Å². The Bertz CT molecular complexity index is 998. The molecule has 5 nitrogen and oxygen atoms in total. The third-order valence-corrected chi connectivity index (χ3v) is 4.98. The van der Waals surface area contributed by atoms with Crippen LogP contribution in [0.15, 0.2) is 70.4 Å². The monoisotopic (exact) mass is 379 g/mol. The summed E-state index contributed by atoms with van der Waals surface area (Å²) in [5, 5.41) is 4.34. The van der Waals surface area contributed by atoms with E-state index in [9.17, 15) is 9.59 Å². The third kappa shape index (κ3) is 4.28. The molecule has 0 bridgehead atoms. The molecule has 27 heavy (non-hydrogen) atoms. The molecule has 3 aromatic rings. The number of amides is 1. The fourth-order valence-electron chi connectivity index (χ4n) is 2.78. The van der Waals surface area contributed by atoms with E-state index < -0.39 is 5.91 Å². The van der Waals surface area contributed by atoms with E-state index in [4.69, 9.17) is 0 Å². The summed E-state index contributed by atoms with van der Waals surface area (Å²) < 4.78 is 1.62. The lowest BCUT2D eigenvalue weighted by Crippen LogP contribution is -2.33. The zero-order valence-corrected chi connectivity index (χ0v) is 16.4. The SMILES string of the molecule is CSc1ccc(CN(C)C(=O)c2nn(-c3ccccc3)c(C)cc2=O)cc1. The van der Waals surface area contributed by atoms with Gasteiger partial charge in [-0.25, -0.2) is 4.68 Å². The molecule has 0 aliphatic heterocycles. The molecule has 1 amide bonds. The lowest BCUT2D eigenvalue weighted by molar-refractivity contribution is 0.0776. The minimum absolute atomic E-state index is 0.0762. The van der Waals surface area contributed by atoms with Crippen LogP contribution in [0.5, 0.6) is 0 Å². The van der Waals surface area contributed by atoms with Gasteiger partial charge in [-0.05, 0) is 43.0 Å². The van der Waals surface area contributed by atoms with Gasteiger partial charge >= 0.3 is 0 Å². The van der Waals surface area contributed by atoms with Crippen LogP contribution < -0.4 is 5.43 Å². The van der Waals surface area contributed by atoms with Gasteiger partial charge in [0, 0.05) is 30.2 Å². The highest BCUT2D eigenvalue weighted by molar-refractivity contribution is 7.98. The summed E-state index contributed by atoms with van der Waals surface area (Å²) in [6.45, 7) is 2.21. The Balaban J connectivity index is 1.88. The summed E-state index contributed by atoms with van der Waals surface area (Å²) in [6.07, 6.45) is 2.02. The highest BCUT2D eigenvalue weighted by atomic mass is 32.2. The van der Waals surface area contributed by atoms with Gasteiger partial charge in [0.1, 0.15) is 0 Å². The second-order valence-corrected chi connectivity index (χ2v) is 7.13. The van der Waals surface area contributed by atoms with Crippen molar-refractivity contribution < 1.29 is 4.79 Å². The molecule has 0 aliphatic rings. The first-order valence-electron chi connectivity index (χ1n) is 8.54. The number of aryl methyl sites for hydroxylation is 1. The first-order valence-corrected chi connectivity index (χ1v) is 9.77. The third-order valence-electron chi connectivity index (χ3n) is 4.24. The van der Waals surface area contributed by atoms with E-state index in [-0.39, 0.29) is 11.1 Å². The molecule has 0 fully saturated rings. The van der Waals surface area contributed by atoms with Crippen molar-refractivity contribution in [2.75, 3.05) is 13.3 Å². The van der Waals surface area contributed by atoms with Crippen LogP contribution in [0.3, 0.4) is 0 Å². The number of para-hydroxylation sites is 1. The minimum atomic E-state index is -0.390. The molecule has 0 atom stereocenters. The van der Waals surface area contributed by atoms with Crippen molar-refractivity contribution in [1.82, 2.24) is 14.7 Å². The summed E-state index contributed by atoms with van der Waals surface area (Å²) in [5.41, 5.74) is 2.04. The predicted octanol–water partition coefficient (Wildman–Crippen LogP) is 3.54. The fraction of sp³-hybridized carbons (Fsp3) is 0.190. The Morgan fingerprint density at radius 1 is 1.11 bits per heavy atom. The Hall–Kier alpha value is -2.86. The maximum absolute atomic E-state index is 12.8. The zero-order valence-electron chi connectivity index (χ0n) is 15.5. The van der Waals surface area contributed by atoms with Gasteiger partial charge in [-0.2, -0.15) is 5.10 Å². The fourth-order valence-corrected chi connectivity index (χ4v) is 3.19. The molecule has 1 aromatic heterocycles. The van der Waals surface area contributed by atoms with Crippen molar-refractivity contribution in [3.8, 4) is 5.69 Å². The molecule has 0 radical (unpaired) electrons. The van der Waals surface area contributed by atoms with Crippen molar-refractivity contribution in [1.29, 1.82) is 0 Å².